The molecule has 1 N–H and O–H groups in total. The summed E-state index contributed by atoms with van der Waals surface area (Å²) in [6.45, 7) is 11.1. The molecule has 1 atom stereocenters. The van der Waals surface area contributed by atoms with E-state index < -0.39 is 5.92 Å². The third kappa shape index (κ3) is 3.72. The monoisotopic (exact) mass is 399 g/mol. The van der Waals surface area contributed by atoms with Gasteiger partial charge in [0, 0.05) is 11.3 Å². The van der Waals surface area contributed by atoms with Gasteiger partial charge in [0.25, 0.3) is 0 Å². The lowest BCUT2D eigenvalue weighted by atomic mass is 9.81. The maximum absolute atomic E-state index is 13.7. The van der Waals surface area contributed by atoms with E-state index in [9.17, 15) is 4.79 Å². The average Bonchev–Trinajstić information content (AvgIpc) is 2.86. The second kappa shape index (κ2) is 7.64. The fourth-order valence-corrected chi connectivity index (χ4v) is 4.13. The summed E-state index contributed by atoms with van der Waals surface area (Å²) < 4.78 is 6.14. The van der Waals surface area contributed by atoms with Crippen LogP contribution in [0.3, 0.4) is 0 Å². The molecule has 3 aromatic carbocycles. The van der Waals surface area contributed by atoms with Crippen LogP contribution in [0.15, 0.2) is 60.7 Å². The minimum atomic E-state index is -0.431. The number of ether oxygens (including phenoxy) is 1. The number of carbonyl (C=O) groups excluding carboxylic acids is 1. The van der Waals surface area contributed by atoms with Crippen LogP contribution in [0.4, 0.5) is 5.69 Å². The van der Waals surface area contributed by atoms with Gasteiger partial charge in [0.15, 0.2) is 0 Å². The van der Waals surface area contributed by atoms with Crippen molar-refractivity contribution in [2.24, 2.45) is 0 Å². The molecule has 0 spiro atoms. The Bertz CT molecular complexity index is 1090. The van der Waals surface area contributed by atoms with E-state index >= 15 is 0 Å². The van der Waals surface area contributed by atoms with Crippen LogP contribution in [0.25, 0.3) is 0 Å². The summed E-state index contributed by atoms with van der Waals surface area (Å²) in [5.74, 6) is 0.318. The lowest BCUT2D eigenvalue weighted by molar-refractivity contribution is -0.116. The quantitative estimate of drug-likeness (QED) is 0.552. The lowest BCUT2D eigenvalue weighted by Gasteiger charge is -2.24. The molecule has 1 aliphatic heterocycles. The first-order chi connectivity index (χ1) is 14.3. The number of amides is 1. The summed E-state index contributed by atoms with van der Waals surface area (Å²) >= 11 is 0. The van der Waals surface area contributed by atoms with E-state index in [1.165, 1.54) is 5.56 Å². The van der Waals surface area contributed by atoms with Crippen LogP contribution in [0.1, 0.15) is 60.1 Å². The molecule has 0 aliphatic carbocycles. The Hall–Kier alpha value is -3.07. The average molecular weight is 400 g/mol. The van der Waals surface area contributed by atoms with Gasteiger partial charge in [-0.25, -0.2) is 0 Å². The van der Waals surface area contributed by atoms with Crippen molar-refractivity contribution < 1.29 is 9.53 Å². The first kappa shape index (κ1) is 20.2. The standard InChI is InChI=1S/C27H29NO2/c1-17-9-8-10-18(2)25(17)28-26(29)24-21-12-7-6-11-19(21)16-30-23-14-13-20(15-22(23)24)27(3,4)5/h6-15,24H,16H2,1-5H3,(H,28,29). The number of anilines is 1. The second-order valence-electron chi connectivity index (χ2n) is 9.18. The third-order valence-corrected chi connectivity index (χ3v) is 5.93. The molecule has 0 fully saturated rings. The molecular formula is C27H29NO2. The highest BCUT2D eigenvalue weighted by Gasteiger charge is 2.32. The molecule has 1 aliphatic rings. The van der Waals surface area contributed by atoms with E-state index in [2.05, 4.69) is 38.2 Å². The molecule has 0 bridgehead atoms. The predicted octanol–water partition coefficient (Wildman–Crippen LogP) is 6.26. The van der Waals surface area contributed by atoms with Crippen LogP contribution in [0.5, 0.6) is 5.75 Å². The van der Waals surface area contributed by atoms with Crippen LogP contribution < -0.4 is 10.1 Å². The number of fused-ring (bicyclic) bond motifs is 2. The van der Waals surface area contributed by atoms with Crippen LogP contribution >= 0.6 is 0 Å². The van der Waals surface area contributed by atoms with Crippen LogP contribution in [0.2, 0.25) is 0 Å². The Morgan fingerprint density at radius 1 is 0.933 bits per heavy atom. The smallest absolute Gasteiger partial charge is 0.236 e. The highest BCUT2D eigenvalue weighted by molar-refractivity contribution is 6.00. The maximum Gasteiger partial charge on any atom is 0.236 e. The maximum atomic E-state index is 13.7. The fourth-order valence-electron chi connectivity index (χ4n) is 4.13. The molecule has 0 radical (unpaired) electrons. The minimum Gasteiger partial charge on any atom is -0.489 e. The number of aryl methyl sites for hydroxylation is 2. The highest BCUT2D eigenvalue weighted by atomic mass is 16.5. The van der Waals surface area contributed by atoms with Gasteiger partial charge in [0.05, 0.1) is 5.92 Å². The van der Waals surface area contributed by atoms with E-state index in [1.54, 1.807) is 0 Å². The van der Waals surface area contributed by atoms with Crippen molar-refractivity contribution in [3.05, 3.63) is 94.0 Å². The summed E-state index contributed by atoms with van der Waals surface area (Å²) in [6, 6.07) is 20.4. The third-order valence-electron chi connectivity index (χ3n) is 5.93. The summed E-state index contributed by atoms with van der Waals surface area (Å²) in [7, 11) is 0. The van der Waals surface area contributed by atoms with Gasteiger partial charge in [-0.15, -0.1) is 0 Å². The second-order valence-corrected chi connectivity index (χ2v) is 9.18. The van der Waals surface area contributed by atoms with Crippen LogP contribution in [-0.2, 0) is 16.8 Å². The van der Waals surface area contributed by atoms with Gasteiger partial charge < -0.3 is 10.1 Å². The number of rotatable bonds is 2. The lowest BCUT2D eigenvalue weighted by Crippen LogP contribution is -2.24. The summed E-state index contributed by atoms with van der Waals surface area (Å²) in [4.78, 5) is 13.7. The molecule has 154 valence electrons. The molecule has 1 unspecified atom stereocenters. The Morgan fingerprint density at radius 2 is 1.63 bits per heavy atom. The Labute approximate surface area is 179 Å². The number of benzene rings is 3. The molecule has 1 heterocycles. The van der Waals surface area contributed by atoms with Gasteiger partial charge >= 0.3 is 0 Å². The normalized spacial score (nSPS) is 15.4. The number of hydrogen-bond donors (Lipinski definition) is 1. The van der Waals surface area contributed by atoms with Crippen molar-refractivity contribution in [1.29, 1.82) is 0 Å². The van der Waals surface area contributed by atoms with Gasteiger partial charge in [0.1, 0.15) is 12.4 Å². The Balaban J connectivity index is 1.86. The zero-order valence-corrected chi connectivity index (χ0v) is 18.4. The van der Waals surface area contributed by atoms with Gasteiger partial charge in [-0.2, -0.15) is 0 Å². The van der Waals surface area contributed by atoms with E-state index in [0.717, 1.165) is 39.3 Å². The molecule has 3 aromatic rings. The van der Waals surface area contributed by atoms with Crippen LogP contribution in [-0.4, -0.2) is 5.91 Å². The van der Waals surface area contributed by atoms with Crippen molar-refractivity contribution in [3.63, 3.8) is 0 Å². The van der Waals surface area contributed by atoms with Gasteiger partial charge in [-0.1, -0.05) is 75.4 Å². The van der Waals surface area contributed by atoms with Gasteiger partial charge in [-0.05, 0) is 53.1 Å². The van der Waals surface area contributed by atoms with E-state index in [0.29, 0.717) is 6.61 Å². The SMILES string of the molecule is Cc1cccc(C)c1NC(=O)C1c2ccccc2COc2ccc(C(C)(C)C)cc21. The molecule has 30 heavy (non-hydrogen) atoms. The fraction of sp³-hybridized carbons (Fsp3) is 0.296. The molecule has 0 saturated heterocycles. The molecule has 1 amide bonds. The summed E-state index contributed by atoms with van der Waals surface area (Å²) in [5.41, 5.74) is 7.16. The Morgan fingerprint density at radius 3 is 2.33 bits per heavy atom. The van der Waals surface area contributed by atoms with Crippen molar-refractivity contribution in [2.45, 2.75) is 52.6 Å². The summed E-state index contributed by atoms with van der Waals surface area (Å²) in [5, 5.41) is 3.22. The minimum absolute atomic E-state index is 0.0194. The molecule has 0 aromatic heterocycles. The van der Waals surface area contributed by atoms with E-state index in [-0.39, 0.29) is 11.3 Å². The van der Waals surface area contributed by atoms with Crippen molar-refractivity contribution in [3.8, 4) is 5.75 Å². The van der Waals surface area contributed by atoms with Gasteiger partial charge in [-0.3, -0.25) is 4.79 Å². The first-order valence-corrected chi connectivity index (χ1v) is 10.5. The van der Waals surface area contributed by atoms with Crippen molar-refractivity contribution in [2.75, 3.05) is 5.32 Å². The van der Waals surface area contributed by atoms with E-state index in [4.69, 9.17) is 4.74 Å². The number of carbonyl (C=O) groups is 1. The number of hydrogen-bond acceptors (Lipinski definition) is 2. The number of para-hydroxylation sites is 1. The van der Waals surface area contributed by atoms with Crippen LogP contribution in [0, 0.1) is 13.8 Å². The largest absolute Gasteiger partial charge is 0.489 e. The van der Waals surface area contributed by atoms with Crippen molar-refractivity contribution >= 4 is 11.6 Å². The molecule has 0 saturated carbocycles. The zero-order chi connectivity index (χ0) is 21.5. The Kier molecular flexibility index (Phi) is 5.15. The van der Waals surface area contributed by atoms with Crippen molar-refractivity contribution in [1.82, 2.24) is 0 Å². The molecule has 3 nitrogen and oxygen atoms in total. The highest BCUT2D eigenvalue weighted by Crippen LogP contribution is 2.40. The zero-order valence-electron chi connectivity index (χ0n) is 18.4. The predicted molar refractivity (Wildman–Crippen MR) is 122 cm³/mol. The molecule has 3 heteroatoms. The topological polar surface area (TPSA) is 38.3 Å². The first-order valence-electron chi connectivity index (χ1n) is 10.5. The van der Waals surface area contributed by atoms with Gasteiger partial charge in [0.2, 0.25) is 5.91 Å². The molecule has 4 rings (SSSR count). The van der Waals surface area contributed by atoms with E-state index in [1.807, 2.05) is 62.4 Å². The summed E-state index contributed by atoms with van der Waals surface area (Å²) in [6.07, 6.45) is 0. The number of nitrogens with one attached hydrogen (secondary N) is 1. The molecular weight excluding hydrogens is 370 g/mol.